The Balaban J connectivity index is 0. The average molecular weight is 349 g/mol. The van der Waals surface area contributed by atoms with Gasteiger partial charge in [0.2, 0.25) is 0 Å². The Morgan fingerprint density at radius 3 is 2.18 bits per heavy atom. The fourth-order valence-electron chi connectivity index (χ4n) is 1.76. The summed E-state index contributed by atoms with van der Waals surface area (Å²) in [4.78, 5) is 11.7. The first-order valence-electron chi connectivity index (χ1n) is 6.92. The summed E-state index contributed by atoms with van der Waals surface area (Å²) < 4.78 is 5.30. The van der Waals surface area contributed by atoms with Crippen LogP contribution in [-0.4, -0.2) is 36.5 Å². The van der Waals surface area contributed by atoms with Crippen molar-refractivity contribution in [2.24, 2.45) is 5.92 Å². The predicted molar refractivity (Wildman–Crippen MR) is 77.0 cm³/mol. The van der Waals surface area contributed by atoms with Gasteiger partial charge in [-0.25, -0.2) is 0 Å². The van der Waals surface area contributed by atoms with Gasteiger partial charge in [-0.05, 0) is 19.3 Å². The molecule has 0 aromatic rings. The number of hydrogen-bond donors (Lipinski definition) is 0. The third-order valence-electron chi connectivity index (χ3n) is 2.97. The van der Waals surface area contributed by atoms with Gasteiger partial charge in [-0.2, -0.15) is 0 Å². The van der Waals surface area contributed by atoms with E-state index in [0.717, 1.165) is 32.1 Å². The minimum absolute atomic E-state index is 0. The molecule has 0 saturated carbocycles. The molecule has 0 bridgehead atoms. The van der Waals surface area contributed by atoms with E-state index in [4.69, 9.17) is 4.74 Å². The van der Waals surface area contributed by atoms with Gasteiger partial charge in [-0.1, -0.05) is 52.9 Å². The van der Waals surface area contributed by atoms with E-state index in [1.807, 2.05) is 0 Å². The molecule has 0 aliphatic heterocycles. The van der Waals surface area contributed by atoms with Crippen LogP contribution in [0, 0.1) is 5.92 Å². The number of carbonyl (C=O) groups excluding carboxylic acids is 1. The molecule has 3 heteroatoms. The van der Waals surface area contributed by atoms with Crippen molar-refractivity contribution in [2.45, 2.75) is 72.1 Å². The molecule has 102 valence electrons. The van der Waals surface area contributed by atoms with E-state index in [1.54, 1.807) is 0 Å². The van der Waals surface area contributed by atoms with Gasteiger partial charge in [0.05, 0.1) is 12.5 Å². The Hall–Kier alpha value is 0.269. The molecule has 0 rings (SSSR count). The van der Waals surface area contributed by atoms with Crippen LogP contribution in [0.1, 0.15) is 72.1 Å². The molecule has 0 aromatic carbocycles. The number of carbonyl (C=O) groups is 1. The van der Waals surface area contributed by atoms with Gasteiger partial charge in [0, 0.05) is 0 Å². The molecule has 0 fully saturated rings. The van der Waals surface area contributed by atoms with Crippen LogP contribution in [0.15, 0.2) is 0 Å². The van der Waals surface area contributed by atoms with Gasteiger partial charge < -0.3 is 4.74 Å². The second-order valence-corrected chi connectivity index (χ2v) is 4.48. The van der Waals surface area contributed by atoms with Gasteiger partial charge in [-0.3, -0.25) is 4.79 Å². The van der Waals surface area contributed by atoms with E-state index in [2.05, 4.69) is 20.8 Å². The van der Waals surface area contributed by atoms with Crippen LogP contribution in [0.25, 0.3) is 0 Å². The Morgan fingerprint density at radius 2 is 1.65 bits per heavy atom. The molecular weight excluding hydrogens is 319 g/mol. The second kappa shape index (κ2) is 14.3. The van der Waals surface area contributed by atoms with Crippen LogP contribution in [0.2, 0.25) is 0 Å². The zero-order chi connectivity index (χ0) is 12.2. The van der Waals surface area contributed by atoms with E-state index in [0.29, 0.717) is 6.61 Å². The quantitative estimate of drug-likeness (QED) is 0.343. The first-order valence-corrected chi connectivity index (χ1v) is 6.92. The molecule has 1 unspecified atom stereocenters. The van der Waals surface area contributed by atoms with Crippen molar-refractivity contribution < 1.29 is 9.53 Å². The molecule has 17 heavy (non-hydrogen) atoms. The minimum atomic E-state index is 0. The average Bonchev–Trinajstić information content (AvgIpc) is 2.30. The first kappa shape index (κ1) is 19.6. The van der Waals surface area contributed by atoms with Crippen LogP contribution in [-0.2, 0) is 9.53 Å². The summed E-state index contributed by atoms with van der Waals surface area (Å²) in [5.41, 5.74) is 0. The topological polar surface area (TPSA) is 26.3 Å². The van der Waals surface area contributed by atoms with Gasteiger partial charge >= 0.3 is 29.9 Å². The maximum atomic E-state index is 11.7. The van der Waals surface area contributed by atoms with Crippen molar-refractivity contribution in [1.29, 1.82) is 0 Å². The van der Waals surface area contributed by atoms with Gasteiger partial charge in [0.15, 0.2) is 0 Å². The Labute approximate surface area is 124 Å². The molecule has 0 spiro atoms. The maximum absolute atomic E-state index is 11.7. The molecule has 0 aliphatic rings. The molecule has 0 N–H and O–H groups in total. The molecule has 0 heterocycles. The van der Waals surface area contributed by atoms with E-state index in [1.165, 1.54) is 19.3 Å². The van der Waals surface area contributed by atoms with E-state index >= 15 is 0 Å². The van der Waals surface area contributed by atoms with Gasteiger partial charge in [0.25, 0.3) is 0 Å². The molecule has 0 aliphatic carbocycles. The third kappa shape index (κ3) is 11.1. The zero-order valence-corrected chi connectivity index (χ0v) is 16.0. The number of rotatable bonds is 10. The number of hydrogen-bond acceptors (Lipinski definition) is 2. The third-order valence-corrected chi connectivity index (χ3v) is 2.97. The van der Waals surface area contributed by atoms with Crippen molar-refractivity contribution in [2.75, 3.05) is 6.61 Å². The summed E-state index contributed by atoms with van der Waals surface area (Å²) in [5, 5.41) is 0. The summed E-state index contributed by atoms with van der Waals surface area (Å²) in [5.74, 6) is 0.151. The summed E-state index contributed by atoms with van der Waals surface area (Å²) in [6.07, 6.45) is 8.84. The standard InChI is InChI=1S/C14H28O2.Sn.2H/c1-4-7-9-10-12-16-14(15)13(6-3)11-8-5-2;;;/h13H,4-12H2,1-3H3;;;. The molecule has 1 atom stereocenters. The van der Waals surface area contributed by atoms with E-state index in [9.17, 15) is 4.79 Å². The normalized spacial score (nSPS) is 11.7. The van der Waals surface area contributed by atoms with Crippen molar-refractivity contribution in [1.82, 2.24) is 0 Å². The Bertz CT molecular complexity index is 172. The SMILES string of the molecule is CCCCCCOC(=O)C(CC)CCCC.[SnH2]. The Kier molecular flexibility index (Phi) is 16.5. The fraction of sp³-hybridized carbons (Fsp3) is 0.929. The van der Waals surface area contributed by atoms with E-state index < -0.39 is 0 Å². The molecule has 0 amide bonds. The molecule has 0 saturated heterocycles. The number of esters is 1. The van der Waals surface area contributed by atoms with Crippen LogP contribution >= 0.6 is 0 Å². The predicted octanol–water partition coefficient (Wildman–Crippen LogP) is 3.41. The van der Waals surface area contributed by atoms with E-state index in [-0.39, 0.29) is 35.8 Å². The van der Waals surface area contributed by atoms with Crippen LogP contribution in [0.3, 0.4) is 0 Å². The van der Waals surface area contributed by atoms with Crippen molar-refractivity contribution >= 4 is 29.9 Å². The van der Waals surface area contributed by atoms with Crippen LogP contribution in [0.4, 0.5) is 0 Å². The molecular formula is C14H30O2Sn. The summed E-state index contributed by atoms with van der Waals surface area (Å²) in [6, 6.07) is 0. The van der Waals surface area contributed by atoms with Crippen molar-refractivity contribution in [3.8, 4) is 0 Å². The van der Waals surface area contributed by atoms with Crippen molar-refractivity contribution in [3.63, 3.8) is 0 Å². The summed E-state index contributed by atoms with van der Waals surface area (Å²) in [6.45, 7) is 7.02. The first-order chi connectivity index (χ1) is 7.76. The number of unbranched alkanes of at least 4 members (excludes halogenated alkanes) is 4. The Morgan fingerprint density at radius 1 is 1.00 bits per heavy atom. The van der Waals surface area contributed by atoms with Crippen LogP contribution < -0.4 is 0 Å². The summed E-state index contributed by atoms with van der Waals surface area (Å²) in [7, 11) is 0. The van der Waals surface area contributed by atoms with Crippen LogP contribution in [0.5, 0.6) is 0 Å². The monoisotopic (exact) mass is 350 g/mol. The second-order valence-electron chi connectivity index (χ2n) is 4.48. The fourth-order valence-corrected chi connectivity index (χ4v) is 1.76. The molecule has 0 aromatic heterocycles. The summed E-state index contributed by atoms with van der Waals surface area (Å²) >= 11 is 0. The van der Waals surface area contributed by atoms with Gasteiger partial charge in [-0.15, -0.1) is 0 Å². The van der Waals surface area contributed by atoms with Gasteiger partial charge in [0.1, 0.15) is 0 Å². The zero-order valence-electron chi connectivity index (χ0n) is 12.0. The molecule has 2 nitrogen and oxygen atoms in total. The number of ether oxygens (including phenoxy) is 1. The molecule has 2 radical (unpaired) electrons. The van der Waals surface area contributed by atoms with Crippen molar-refractivity contribution in [3.05, 3.63) is 0 Å².